The van der Waals surface area contributed by atoms with Crippen molar-refractivity contribution in [1.29, 1.82) is 5.26 Å². The van der Waals surface area contributed by atoms with E-state index in [9.17, 15) is 13.6 Å². The molecule has 1 aromatic carbocycles. The Hall–Kier alpha value is -2.55. The van der Waals surface area contributed by atoms with E-state index < -0.39 is 17.1 Å². The standard InChI is InChI=1S/C12H7F2N3O/c1-7-4-12(18)11(6-15)16-17(7)8-2-3-9(13)10(14)5-8/h2-5H,1H3. The second-order valence-electron chi connectivity index (χ2n) is 3.62. The number of nitrogens with zero attached hydrogens (tertiary/aromatic N) is 3. The predicted octanol–water partition coefficient (Wildman–Crippen LogP) is 1.69. The molecule has 6 heteroatoms. The van der Waals surface area contributed by atoms with Crippen molar-refractivity contribution in [3.05, 3.63) is 57.5 Å². The molecule has 0 N–H and O–H groups in total. The molecular formula is C12H7F2N3O. The Balaban J connectivity index is 2.67. The van der Waals surface area contributed by atoms with E-state index in [0.29, 0.717) is 5.69 Å². The number of hydrogen-bond acceptors (Lipinski definition) is 3. The maximum Gasteiger partial charge on any atom is 0.218 e. The molecule has 0 aliphatic heterocycles. The zero-order valence-electron chi connectivity index (χ0n) is 9.32. The summed E-state index contributed by atoms with van der Waals surface area (Å²) in [6, 6.07) is 6.07. The molecule has 0 saturated carbocycles. The first-order valence-corrected chi connectivity index (χ1v) is 4.99. The zero-order valence-corrected chi connectivity index (χ0v) is 9.32. The molecule has 1 aromatic heterocycles. The average Bonchev–Trinajstić information content (AvgIpc) is 2.33. The Morgan fingerprint density at radius 2 is 2.00 bits per heavy atom. The minimum atomic E-state index is -1.02. The first-order valence-electron chi connectivity index (χ1n) is 4.99. The molecule has 0 atom stereocenters. The minimum absolute atomic E-state index is 0.239. The highest BCUT2D eigenvalue weighted by Crippen LogP contribution is 2.13. The summed E-state index contributed by atoms with van der Waals surface area (Å²) in [7, 11) is 0. The third-order valence-electron chi connectivity index (χ3n) is 2.36. The quantitative estimate of drug-likeness (QED) is 0.770. The van der Waals surface area contributed by atoms with Gasteiger partial charge in [-0.15, -0.1) is 0 Å². The van der Waals surface area contributed by atoms with E-state index in [1.54, 1.807) is 13.0 Å². The van der Waals surface area contributed by atoms with E-state index in [1.165, 1.54) is 16.8 Å². The Morgan fingerprint density at radius 3 is 2.61 bits per heavy atom. The van der Waals surface area contributed by atoms with Crippen LogP contribution in [-0.4, -0.2) is 9.78 Å². The van der Waals surface area contributed by atoms with Gasteiger partial charge >= 0.3 is 0 Å². The Kier molecular flexibility index (Phi) is 2.90. The van der Waals surface area contributed by atoms with Crippen molar-refractivity contribution in [3.63, 3.8) is 0 Å². The molecule has 4 nitrogen and oxygen atoms in total. The maximum atomic E-state index is 13.1. The summed E-state index contributed by atoms with van der Waals surface area (Å²) >= 11 is 0. The van der Waals surface area contributed by atoms with E-state index >= 15 is 0 Å². The summed E-state index contributed by atoms with van der Waals surface area (Å²) in [5, 5.41) is 12.5. The molecule has 0 radical (unpaired) electrons. The highest BCUT2D eigenvalue weighted by atomic mass is 19.2. The zero-order chi connectivity index (χ0) is 13.3. The number of nitriles is 1. The number of benzene rings is 1. The maximum absolute atomic E-state index is 13.1. The van der Waals surface area contributed by atoms with Gasteiger partial charge in [0.25, 0.3) is 0 Å². The number of hydrogen-bond donors (Lipinski definition) is 0. The molecule has 0 amide bonds. The van der Waals surface area contributed by atoms with Crippen LogP contribution in [-0.2, 0) is 0 Å². The normalized spacial score (nSPS) is 10.1. The number of aryl methyl sites for hydroxylation is 1. The van der Waals surface area contributed by atoms with Crippen LogP contribution in [0, 0.1) is 29.9 Å². The smallest absolute Gasteiger partial charge is 0.218 e. The molecule has 0 aliphatic carbocycles. The topological polar surface area (TPSA) is 58.7 Å². The van der Waals surface area contributed by atoms with E-state index in [1.807, 2.05) is 0 Å². The van der Waals surface area contributed by atoms with Crippen molar-refractivity contribution in [2.75, 3.05) is 0 Å². The summed E-state index contributed by atoms with van der Waals surface area (Å²) < 4.78 is 27.1. The number of rotatable bonds is 1. The fraction of sp³-hybridized carbons (Fsp3) is 0.0833. The third kappa shape index (κ3) is 1.98. The van der Waals surface area contributed by atoms with Crippen LogP contribution in [0.25, 0.3) is 5.69 Å². The monoisotopic (exact) mass is 247 g/mol. The van der Waals surface area contributed by atoms with Gasteiger partial charge in [-0.2, -0.15) is 10.4 Å². The van der Waals surface area contributed by atoms with Gasteiger partial charge in [0.1, 0.15) is 6.07 Å². The summed E-state index contributed by atoms with van der Waals surface area (Å²) in [6.07, 6.45) is 0. The first-order chi connectivity index (χ1) is 8.52. The summed E-state index contributed by atoms with van der Waals surface area (Å²) in [5.41, 5.74) is -0.146. The molecule has 18 heavy (non-hydrogen) atoms. The highest BCUT2D eigenvalue weighted by Gasteiger charge is 2.09. The van der Waals surface area contributed by atoms with Gasteiger partial charge in [-0.3, -0.25) is 4.79 Å². The lowest BCUT2D eigenvalue weighted by molar-refractivity contribution is 0.507. The lowest BCUT2D eigenvalue weighted by Crippen LogP contribution is -2.16. The van der Waals surface area contributed by atoms with Crippen LogP contribution in [0.15, 0.2) is 29.1 Å². The molecular weight excluding hydrogens is 240 g/mol. The predicted molar refractivity (Wildman–Crippen MR) is 59.2 cm³/mol. The highest BCUT2D eigenvalue weighted by molar-refractivity contribution is 5.34. The largest absolute Gasteiger partial charge is 0.287 e. The Labute approximate surface area is 101 Å². The first kappa shape index (κ1) is 11.9. The molecule has 90 valence electrons. The van der Waals surface area contributed by atoms with Crippen LogP contribution in [0.2, 0.25) is 0 Å². The van der Waals surface area contributed by atoms with Gasteiger partial charge in [0, 0.05) is 17.8 Å². The van der Waals surface area contributed by atoms with E-state index in [4.69, 9.17) is 5.26 Å². The van der Waals surface area contributed by atoms with E-state index in [0.717, 1.165) is 12.1 Å². The van der Waals surface area contributed by atoms with Gasteiger partial charge < -0.3 is 0 Å². The number of halogens is 2. The van der Waals surface area contributed by atoms with Gasteiger partial charge in [0.05, 0.1) is 5.69 Å². The van der Waals surface area contributed by atoms with Crippen LogP contribution < -0.4 is 5.43 Å². The van der Waals surface area contributed by atoms with Crippen molar-refractivity contribution in [2.24, 2.45) is 0 Å². The van der Waals surface area contributed by atoms with E-state index in [2.05, 4.69) is 5.10 Å². The molecule has 0 spiro atoms. The van der Waals surface area contributed by atoms with Gasteiger partial charge in [0.2, 0.25) is 11.1 Å². The minimum Gasteiger partial charge on any atom is -0.287 e. The van der Waals surface area contributed by atoms with Crippen LogP contribution in [0.3, 0.4) is 0 Å². The van der Waals surface area contributed by atoms with Crippen molar-refractivity contribution >= 4 is 0 Å². The van der Waals surface area contributed by atoms with Crippen LogP contribution in [0.4, 0.5) is 8.78 Å². The van der Waals surface area contributed by atoms with Crippen molar-refractivity contribution < 1.29 is 8.78 Å². The third-order valence-corrected chi connectivity index (χ3v) is 2.36. The van der Waals surface area contributed by atoms with Gasteiger partial charge in [-0.1, -0.05) is 0 Å². The molecule has 2 aromatic rings. The van der Waals surface area contributed by atoms with Gasteiger partial charge in [-0.05, 0) is 19.1 Å². The second kappa shape index (κ2) is 4.37. The fourth-order valence-corrected chi connectivity index (χ4v) is 1.50. The molecule has 2 rings (SSSR count). The summed E-state index contributed by atoms with van der Waals surface area (Å²) in [4.78, 5) is 11.3. The van der Waals surface area contributed by atoms with E-state index in [-0.39, 0.29) is 11.4 Å². The van der Waals surface area contributed by atoms with Crippen LogP contribution in [0.5, 0.6) is 0 Å². The average molecular weight is 247 g/mol. The fourth-order valence-electron chi connectivity index (χ4n) is 1.50. The molecule has 0 bridgehead atoms. The van der Waals surface area contributed by atoms with Crippen molar-refractivity contribution in [2.45, 2.75) is 6.92 Å². The molecule has 0 unspecified atom stereocenters. The molecule has 0 aliphatic rings. The van der Waals surface area contributed by atoms with Crippen molar-refractivity contribution in [1.82, 2.24) is 9.78 Å². The molecule has 0 fully saturated rings. The number of aromatic nitrogens is 2. The summed E-state index contributed by atoms with van der Waals surface area (Å²) in [6.45, 7) is 1.58. The Morgan fingerprint density at radius 1 is 1.28 bits per heavy atom. The Bertz CT molecular complexity index is 716. The molecule has 1 heterocycles. The lowest BCUT2D eigenvalue weighted by atomic mass is 10.2. The van der Waals surface area contributed by atoms with Crippen LogP contribution >= 0.6 is 0 Å². The second-order valence-corrected chi connectivity index (χ2v) is 3.62. The van der Waals surface area contributed by atoms with Gasteiger partial charge in [-0.25, -0.2) is 13.5 Å². The lowest BCUT2D eigenvalue weighted by Gasteiger charge is -2.09. The van der Waals surface area contributed by atoms with Gasteiger partial charge in [0.15, 0.2) is 11.6 Å². The molecule has 0 saturated heterocycles. The van der Waals surface area contributed by atoms with Crippen LogP contribution in [0.1, 0.15) is 11.4 Å². The summed E-state index contributed by atoms with van der Waals surface area (Å²) in [5.74, 6) is -2.00. The SMILES string of the molecule is Cc1cc(=O)c(C#N)nn1-c1ccc(F)c(F)c1. The van der Waals surface area contributed by atoms with Crippen molar-refractivity contribution in [3.8, 4) is 11.8 Å².